The van der Waals surface area contributed by atoms with Crippen LogP contribution in [-0.4, -0.2) is 34.7 Å². The Morgan fingerprint density at radius 1 is 1.07 bits per heavy atom. The molecule has 0 saturated carbocycles. The van der Waals surface area contributed by atoms with Crippen molar-refractivity contribution >= 4 is 27.7 Å². The van der Waals surface area contributed by atoms with Gasteiger partial charge in [-0.1, -0.05) is 40.2 Å². The summed E-state index contributed by atoms with van der Waals surface area (Å²) in [7, 11) is 0. The molecule has 2 heterocycles. The van der Waals surface area contributed by atoms with E-state index in [2.05, 4.69) is 37.0 Å². The van der Waals surface area contributed by atoms with Gasteiger partial charge in [0.1, 0.15) is 12.3 Å². The lowest BCUT2D eigenvalue weighted by Crippen LogP contribution is -2.50. The Morgan fingerprint density at radius 2 is 1.82 bits per heavy atom. The molecule has 0 fully saturated rings. The summed E-state index contributed by atoms with van der Waals surface area (Å²) in [6.45, 7) is 0.0521. The molecule has 0 spiro atoms. The lowest BCUT2D eigenvalue weighted by molar-refractivity contribution is -0.131. The van der Waals surface area contributed by atoms with Gasteiger partial charge in [0, 0.05) is 10.0 Å². The Balaban J connectivity index is 1.34. The van der Waals surface area contributed by atoms with Crippen LogP contribution < -0.4 is 20.3 Å². The number of H-pyrrole nitrogens is 1. The second kappa shape index (κ2) is 7.73. The van der Waals surface area contributed by atoms with Crippen LogP contribution in [0.5, 0.6) is 11.5 Å². The number of fused-ring (bicyclic) bond motifs is 1. The van der Waals surface area contributed by atoms with Crippen LogP contribution in [-0.2, 0) is 4.79 Å². The summed E-state index contributed by atoms with van der Waals surface area (Å²) < 4.78 is 12.0. The lowest BCUT2D eigenvalue weighted by atomic mass is 10.1. The zero-order chi connectivity index (χ0) is 19.5. The molecule has 3 aromatic rings. The second-order valence-electron chi connectivity index (χ2n) is 5.98. The number of halogens is 1. The van der Waals surface area contributed by atoms with Crippen molar-refractivity contribution in [3.8, 4) is 22.8 Å². The minimum absolute atomic E-state index is 0.0521. The number of hydrogen-bond donors (Lipinski definition) is 3. The van der Waals surface area contributed by atoms with Crippen LogP contribution in [0.4, 0.5) is 0 Å². The molecule has 0 unspecified atom stereocenters. The SMILES string of the molecule is O=C(NNC(=O)[C@@H]1COc2ccccc2O1)c1cc(-c2ccc(Br)cc2)n[nH]1. The molecule has 0 radical (unpaired) electrons. The van der Waals surface area contributed by atoms with Gasteiger partial charge in [0.25, 0.3) is 11.8 Å². The largest absolute Gasteiger partial charge is 0.485 e. The summed E-state index contributed by atoms with van der Waals surface area (Å²) in [5.41, 5.74) is 6.36. The van der Waals surface area contributed by atoms with E-state index in [9.17, 15) is 9.59 Å². The average molecular weight is 443 g/mol. The minimum Gasteiger partial charge on any atom is -0.485 e. The molecule has 8 nitrogen and oxygen atoms in total. The molecule has 1 aromatic heterocycles. The fourth-order valence-electron chi connectivity index (χ4n) is 2.62. The topological polar surface area (TPSA) is 105 Å². The van der Waals surface area contributed by atoms with E-state index in [0.717, 1.165) is 10.0 Å². The van der Waals surface area contributed by atoms with Crippen molar-refractivity contribution in [2.24, 2.45) is 0 Å². The number of hydrogen-bond acceptors (Lipinski definition) is 5. The molecule has 9 heteroatoms. The summed E-state index contributed by atoms with van der Waals surface area (Å²) in [6.07, 6.45) is -0.865. The third-order valence-electron chi connectivity index (χ3n) is 4.06. The lowest BCUT2D eigenvalue weighted by Gasteiger charge is -2.25. The molecular weight excluding hydrogens is 428 g/mol. The number of benzene rings is 2. The third-order valence-corrected chi connectivity index (χ3v) is 4.59. The summed E-state index contributed by atoms with van der Waals surface area (Å²) >= 11 is 3.37. The van der Waals surface area contributed by atoms with Crippen molar-refractivity contribution in [1.82, 2.24) is 21.0 Å². The van der Waals surface area contributed by atoms with Gasteiger partial charge in [-0.25, -0.2) is 0 Å². The molecule has 142 valence electrons. The van der Waals surface area contributed by atoms with Crippen molar-refractivity contribution in [2.45, 2.75) is 6.10 Å². The number of aromatic nitrogens is 2. The van der Waals surface area contributed by atoms with E-state index in [0.29, 0.717) is 17.2 Å². The van der Waals surface area contributed by atoms with Gasteiger partial charge in [0.2, 0.25) is 6.10 Å². The first-order valence-electron chi connectivity index (χ1n) is 8.40. The van der Waals surface area contributed by atoms with Crippen LogP contribution in [0, 0.1) is 0 Å². The van der Waals surface area contributed by atoms with Crippen molar-refractivity contribution < 1.29 is 19.1 Å². The molecule has 28 heavy (non-hydrogen) atoms. The fraction of sp³-hybridized carbons (Fsp3) is 0.105. The molecule has 0 saturated heterocycles. The molecule has 0 aliphatic carbocycles. The van der Waals surface area contributed by atoms with Crippen LogP contribution in [0.1, 0.15) is 10.5 Å². The quantitative estimate of drug-likeness (QED) is 0.540. The Bertz CT molecular complexity index is 1020. The van der Waals surface area contributed by atoms with Gasteiger partial charge < -0.3 is 9.47 Å². The number of carbonyl (C=O) groups is 2. The molecule has 1 aliphatic rings. The molecule has 2 aromatic carbocycles. The van der Waals surface area contributed by atoms with Crippen LogP contribution in [0.2, 0.25) is 0 Å². The first-order chi connectivity index (χ1) is 13.6. The number of rotatable bonds is 3. The van der Waals surface area contributed by atoms with Crippen molar-refractivity contribution in [1.29, 1.82) is 0 Å². The highest BCUT2D eigenvalue weighted by Crippen LogP contribution is 2.30. The van der Waals surface area contributed by atoms with E-state index < -0.39 is 17.9 Å². The minimum atomic E-state index is -0.865. The maximum atomic E-state index is 12.3. The maximum Gasteiger partial charge on any atom is 0.287 e. The zero-order valence-corrected chi connectivity index (χ0v) is 16.0. The Kier molecular flexibility index (Phi) is 4.98. The predicted octanol–water partition coefficient (Wildman–Crippen LogP) is 2.44. The number of para-hydroxylation sites is 2. The maximum absolute atomic E-state index is 12.3. The molecular formula is C19H15BrN4O4. The van der Waals surface area contributed by atoms with Crippen LogP contribution in [0.3, 0.4) is 0 Å². The summed E-state index contributed by atoms with van der Waals surface area (Å²) in [5.74, 6) is 0.0123. The van der Waals surface area contributed by atoms with Crippen molar-refractivity contribution in [3.05, 3.63) is 64.8 Å². The number of hydrazine groups is 1. The normalized spacial score (nSPS) is 15.0. The van der Waals surface area contributed by atoms with E-state index in [-0.39, 0.29) is 12.3 Å². The molecule has 4 rings (SSSR count). The number of nitrogens with zero attached hydrogens (tertiary/aromatic N) is 1. The molecule has 0 bridgehead atoms. The third kappa shape index (κ3) is 3.84. The highest BCUT2D eigenvalue weighted by atomic mass is 79.9. The van der Waals surface area contributed by atoms with Gasteiger partial charge in [0.15, 0.2) is 11.5 Å². The van der Waals surface area contributed by atoms with Gasteiger partial charge in [0.05, 0.1) is 5.69 Å². The Hall–Kier alpha value is -3.33. The van der Waals surface area contributed by atoms with Crippen molar-refractivity contribution in [2.75, 3.05) is 6.61 Å². The van der Waals surface area contributed by atoms with Crippen LogP contribution in [0.25, 0.3) is 11.3 Å². The summed E-state index contributed by atoms with van der Waals surface area (Å²) in [5, 5.41) is 6.77. The molecule has 2 amide bonds. The molecule has 1 atom stereocenters. The number of nitrogens with one attached hydrogen (secondary N) is 3. The number of carbonyl (C=O) groups excluding carboxylic acids is 2. The van der Waals surface area contributed by atoms with Gasteiger partial charge in [-0.3, -0.25) is 25.5 Å². The second-order valence-corrected chi connectivity index (χ2v) is 6.90. The van der Waals surface area contributed by atoms with Crippen molar-refractivity contribution in [3.63, 3.8) is 0 Å². The van der Waals surface area contributed by atoms with Crippen LogP contribution in [0.15, 0.2) is 59.1 Å². The number of ether oxygens (including phenoxy) is 2. The highest BCUT2D eigenvalue weighted by molar-refractivity contribution is 9.10. The van der Waals surface area contributed by atoms with Gasteiger partial charge in [-0.05, 0) is 30.3 Å². The summed E-state index contributed by atoms with van der Waals surface area (Å²) in [6, 6.07) is 16.2. The van der Waals surface area contributed by atoms with Gasteiger partial charge >= 0.3 is 0 Å². The van der Waals surface area contributed by atoms with Gasteiger partial charge in [-0.15, -0.1) is 0 Å². The monoisotopic (exact) mass is 442 g/mol. The van der Waals surface area contributed by atoms with E-state index in [1.165, 1.54) is 0 Å². The molecule has 3 N–H and O–H groups in total. The Labute approximate surface area is 168 Å². The zero-order valence-electron chi connectivity index (χ0n) is 14.4. The van der Waals surface area contributed by atoms with Gasteiger partial charge in [-0.2, -0.15) is 5.10 Å². The highest BCUT2D eigenvalue weighted by Gasteiger charge is 2.27. The summed E-state index contributed by atoms with van der Waals surface area (Å²) in [4.78, 5) is 24.5. The standard InChI is InChI=1S/C19H15BrN4O4/c20-12-7-5-11(6-8-12)13-9-14(22-21-13)18(25)23-24-19(26)17-10-27-15-3-1-2-4-16(15)28-17/h1-9,17H,10H2,(H,21,22)(H,23,25)(H,24,26)/t17-/m0/s1. The van der Waals surface area contributed by atoms with E-state index in [1.54, 1.807) is 24.3 Å². The van der Waals surface area contributed by atoms with E-state index >= 15 is 0 Å². The number of amides is 2. The molecule has 1 aliphatic heterocycles. The predicted molar refractivity (Wildman–Crippen MR) is 104 cm³/mol. The number of aromatic amines is 1. The van der Waals surface area contributed by atoms with E-state index in [4.69, 9.17) is 9.47 Å². The fourth-order valence-corrected chi connectivity index (χ4v) is 2.89. The first kappa shape index (κ1) is 18.1. The smallest absolute Gasteiger partial charge is 0.287 e. The first-order valence-corrected chi connectivity index (χ1v) is 9.19. The average Bonchev–Trinajstić information content (AvgIpc) is 3.22. The van der Waals surface area contributed by atoms with E-state index in [1.807, 2.05) is 30.3 Å². The van der Waals surface area contributed by atoms with Crippen LogP contribution >= 0.6 is 15.9 Å². The Morgan fingerprint density at radius 3 is 2.61 bits per heavy atom.